The van der Waals surface area contributed by atoms with Crippen molar-refractivity contribution >= 4 is 10.0 Å². The first-order valence-corrected chi connectivity index (χ1v) is 6.67. The van der Waals surface area contributed by atoms with Gasteiger partial charge in [-0.2, -0.15) is 4.72 Å². The molecule has 1 aromatic carbocycles. The Balaban J connectivity index is 3.10. The average molecular weight is 269 g/mol. The number of benzene rings is 1. The van der Waals surface area contributed by atoms with Crippen molar-refractivity contribution in [2.24, 2.45) is 0 Å². The number of hydrogen-bond donors (Lipinski definition) is 2. The molecule has 1 atom stereocenters. The summed E-state index contributed by atoms with van der Waals surface area (Å²) in [5.74, 6) is 2.73. The summed E-state index contributed by atoms with van der Waals surface area (Å²) in [4.78, 5) is 0.108. The average Bonchev–Trinajstić information content (AvgIpc) is 2.35. The van der Waals surface area contributed by atoms with Crippen LogP contribution in [-0.4, -0.2) is 33.3 Å². The molecular formula is C12H15NO4S. The van der Waals surface area contributed by atoms with E-state index in [-0.39, 0.29) is 4.90 Å². The summed E-state index contributed by atoms with van der Waals surface area (Å²) < 4.78 is 31.3. The molecule has 0 saturated heterocycles. The molecule has 0 aromatic heterocycles. The second-order valence-corrected chi connectivity index (χ2v) is 5.34. The molecule has 0 radical (unpaired) electrons. The van der Waals surface area contributed by atoms with Crippen molar-refractivity contribution in [3.63, 3.8) is 0 Å². The first-order valence-electron chi connectivity index (χ1n) is 5.18. The third-order valence-corrected chi connectivity index (χ3v) is 3.98. The molecule has 0 bridgehead atoms. The number of hydrogen-bond acceptors (Lipinski definition) is 4. The van der Waals surface area contributed by atoms with Crippen LogP contribution in [0.3, 0.4) is 0 Å². The third kappa shape index (κ3) is 3.23. The predicted molar refractivity (Wildman–Crippen MR) is 67.8 cm³/mol. The smallest absolute Gasteiger partial charge is 0.242 e. The molecule has 2 N–H and O–H groups in total. The number of methoxy groups -OCH3 is 1. The van der Waals surface area contributed by atoms with Crippen LogP contribution in [0.2, 0.25) is 0 Å². The number of ether oxygens (including phenoxy) is 1. The van der Waals surface area contributed by atoms with E-state index in [0.717, 1.165) is 0 Å². The molecule has 0 spiro atoms. The SMILES string of the molecule is C#C[C@@H](CO)NS(=O)(=O)c1ccc(OC)cc1C. The van der Waals surface area contributed by atoms with Crippen molar-refractivity contribution in [3.8, 4) is 18.1 Å². The molecule has 1 aromatic rings. The number of aliphatic hydroxyl groups excluding tert-OH is 1. The van der Waals surface area contributed by atoms with Crippen molar-refractivity contribution in [1.29, 1.82) is 0 Å². The molecule has 0 aliphatic carbocycles. The summed E-state index contributed by atoms with van der Waals surface area (Å²) in [6.07, 6.45) is 5.10. The van der Waals surface area contributed by atoms with Crippen LogP contribution in [0, 0.1) is 19.3 Å². The van der Waals surface area contributed by atoms with E-state index in [4.69, 9.17) is 16.3 Å². The molecule has 0 heterocycles. The monoisotopic (exact) mass is 269 g/mol. The van der Waals surface area contributed by atoms with Crippen LogP contribution in [0.15, 0.2) is 23.1 Å². The maximum atomic E-state index is 12.0. The molecular weight excluding hydrogens is 254 g/mol. The van der Waals surface area contributed by atoms with Crippen LogP contribution in [-0.2, 0) is 10.0 Å². The van der Waals surface area contributed by atoms with E-state index >= 15 is 0 Å². The van der Waals surface area contributed by atoms with Gasteiger partial charge in [0.05, 0.1) is 18.6 Å². The van der Waals surface area contributed by atoms with E-state index in [0.29, 0.717) is 11.3 Å². The zero-order chi connectivity index (χ0) is 13.8. The predicted octanol–water partition coefficient (Wildman–Crippen LogP) is 0.276. The number of nitrogens with one attached hydrogen (secondary N) is 1. The largest absolute Gasteiger partial charge is 0.497 e. The van der Waals surface area contributed by atoms with E-state index in [9.17, 15) is 8.42 Å². The maximum Gasteiger partial charge on any atom is 0.242 e. The van der Waals surface area contributed by atoms with Crippen molar-refractivity contribution in [1.82, 2.24) is 4.72 Å². The fourth-order valence-corrected chi connectivity index (χ4v) is 2.80. The van der Waals surface area contributed by atoms with Gasteiger partial charge in [0.2, 0.25) is 10.0 Å². The maximum absolute atomic E-state index is 12.0. The fourth-order valence-electron chi connectivity index (χ4n) is 1.43. The summed E-state index contributed by atoms with van der Waals surface area (Å²) in [6.45, 7) is 1.20. The Morgan fingerprint density at radius 1 is 1.56 bits per heavy atom. The topological polar surface area (TPSA) is 75.6 Å². The lowest BCUT2D eigenvalue weighted by Gasteiger charge is -2.13. The first-order chi connectivity index (χ1) is 8.44. The standard InChI is InChI=1S/C12H15NO4S/c1-4-10(8-14)13-18(15,16)12-6-5-11(17-3)7-9(12)2/h1,5-7,10,13-14H,8H2,2-3H3/t10-/m0/s1. The van der Waals surface area contributed by atoms with Crippen LogP contribution in [0.5, 0.6) is 5.75 Å². The Kier molecular flexibility index (Phi) is 4.73. The third-order valence-electron chi connectivity index (χ3n) is 2.35. The van der Waals surface area contributed by atoms with Gasteiger partial charge in [-0.1, -0.05) is 5.92 Å². The molecule has 0 amide bonds. The van der Waals surface area contributed by atoms with Gasteiger partial charge in [0.15, 0.2) is 0 Å². The molecule has 0 aliphatic heterocycles. The minimum Gasteiger partial charge on any atom is -0.497 e. The van der Waals surface area contributed by atoms with Crippen molar-refractivity contribution in [3.05, 3.63) is 23.8 Å². The molecule has 0 fully saturated rings. The van der Waals surface area contributed by atoms with E-state index in [2.05, 4.69) is 10.6 Å². The highest BCUT2D eigenvalue weighted by molar-refractivity contribution is 7.89. The molecule has 98 valence electrons. The van der Waals surface area contributed by atoms with Gasteiger partial charge in [0.1, 0.15) is 11.8 Å². The highest BCUT2D eigenvalue weighted by Gasteiger charge is 2.20. The Labute approximate surface area is 107 Å². The number of rotatable bonds is 5. The summed E-state index contributed by atoms with van der Waals surface area (Å²) >= 11 is 0. The number of terminal acetylenes is 1. The zero-order valence-corrected chi connectivity index (χ0v) is 11.0. The van der Waals surface area contributed by atoms with E-state index in [1.165, 1.54) is 13.2 Å². The minimum atomic E-state index is -3.75. The lowest BCUT2D eigenvalue weighted by Crippen LogP contribution is -2.36. The molecule has 0 aliphatic rings. The van der Waals surface area contributed by atoms with Gasteiger partial charge < -0.3 is 9.84 Å². The van der Waals surface area contributed by atoms with Crippen molar-refractivity contribution in [2.45, 2.75) is 17.9 Å². The van der Waals surface area contributed by atoms with Gasteiger partial charge in [-0.15, -0.1) is 6.42 Å². The van der Waals surface area contributed by atoms with Crippen LogP contribution < -0.4 is 9.46 Å². The summed E-state index contributed by atoms with van der Waals surface area (Å²) in [5, 5.41) is 8.90. The highest BCUT2D eigenvalue weighted by Crippen LogP contribution is 2.20. The zero-order valence-electron chi connectivity index (χ0n) is 10.2. The summed E-state index contributed by atoms with van der Waals surface area (Å²) in [6, 6.07) is 3.65. The first kappa shape index (κ1) is 14.5. The van der Waals surface area contributed by atoms with Gasteiger partial charge >= 0.3 is 0 Å². The van der Waals surface area contributed by atoms with Crippen LogP contribution in [0.1, 0.15) is 5.56 Å². The second-order valence-electron chi connectivity index (χ2n) is 3.65. The number of aliphatic hydroxyl groups is 1. The van der Waals surface area contributed by atoms with Gasteiger partial charge in [-0.3, -0.25) is 0 Å². The Morgan fingerprint density at radius 2 is 2.22 bits per heavy atom. The molecule has 5 nitrogen and oxygen atoms in total. The quantitative estimate of drug-likeness (QED) is 0.753. The number of sulfonamides is 1. The highest BCUT2D eigenvalue weighted by atomic mass is 32.2. The van der Waals surface area contributed by atoms with E-state index in [1.54, 1.807) is 19.1 Å². The van der Waals surface area contributed by atoms with Crippen molar-refractivity contribution < 1.29 is 18.3 Å². The Morgan fingerprint density at radius 3 is 2.67 bits per heavy atom. The van der Waals surface area contributed by atoms with Gasteiger partial charge in [-0.25, -0.2) is 8.42 Å². The van der Waals surface area contributed by atoms with Gasteiger partial charge in [0, 0.05) is 0 Å². The number of aryl methyl sites for hydroxylation is 1. The lowest BCUT2D eigenvalue weighted by molar-refractivity contribution is 0.280. The van der Waals surface area contributed by atoms with Crippen LogP contribution in [0.25, 0.3) is 0 Å². The molecule has 18 heavy (non-hydrogen) atoms. The van der Waals surface area contributed by atoms with Crippen molar-refractivity contribution in [2.75, 3.05) is 13.7 Å². The minimum absolute atomic E-state index is 0.108. The lowest BCUT2D eigenvalue weighted by atomic mass is 10.2. The van der Waals surface area contributed by atoms with E-state index in [1.807, 2.05) is 0 Å². The van der Waals surface area contributed by atoms with Crippen LogP contribution in [0.4, 0.5) is 0 Å². The normalized spacial score (nSPS) is 12.8. The van der Waals surface area contributed by atoms with Crippen LogP contribution >= 0.6 is 0 Å². The second kappa shape index (κ2) is 5.87. The molecule has 1 rings (SSSR count). The Bertz CT molecular complexity index is 560. The summed E-state index contributed by atoms with van der Waals surface area (Å²) in [5.41, 5.74) is 0.538. The van der Waals surface area contributed by atoms with Gasteiger partial charge in [-0.05, 0) is 30.7 Å². The summed E-state index contributed by atoms with van der Waals surface area (Å²) in [7, 11) is -2.25. The fraction of sp³-hybridized carbons (Fsp3) is 0.333. The van der Waals surface area contributed by atoms with E-state index < -0.39 is 22.7 Å². The molecule has 0 saturated carbocycles. The Hall–Kier alpha value is -1.55. The van der Waals surface area contributed by atoms with Gasteiger partial charge in [0.25, 0.3) is 0 Å². The molecule has 0 unspecified atom stereocenters. The molecule has 6 heteroatoms.